The van der Waals surface area contributed by atoms with E-state index in [0.717, 1.165) is 51.2 Å². The lowest BCUT2D eigenvalue weighted by Gasteiger charge is -2.24. The van der Waals surface area contributed by atoms with Crippen LogP contribution in [0.2, 0.25) is 0 Å². The van der Waals surface area contributed by atoms with E-state index in [4.69, 9.17) is 0 Å². The number of allylic oxidation sites excluding steroid dienone is 1. The van der Waals surface area contributed by atoms with Gasteiger partial charge in [0.15, 0.2) is 5.78 Å². The number of anilines is 3. The van der Waals surface area contributed by atoms with Crippen molar-refractivity contribution in [2.45, 2.75) is 6.92 Å². The Bertz CT molecular complexity index is 1590. The van der Waals surface area contributed by atoms with Crippen LogP contribution in [0.4, 0.5) is 17.1 Å². The van der Waals surface area contributed by atoms with Crippen molar-refractivity contribution in [1.82, 2.24) is 0 Å². The van der Waals surface area contributed by atoms with Crippen LogP contribution >= 0.6 is 0 Å². The number of benzene rings is 2. The number of ketones is 1. The number of Topliss-reactive ketones (excluding diaryl/α,β-unsaturated/α-hetero) is 1. The number of carbonyl (C=O) groups is 7. The first-order valence-electron chi connectivity index (χ1n) is 11.3. The molecule has 0 unspecified atom stereocenters. The lowest BCUT2D eigenvalue weighted by Crippen LogP contribution is -2.32. The molecule has 3 heterocycles. The Hall–Kier alpha value is -5.51. The summed E-state index contributed by atoms with van der Waals surface area (Å²) in [6.45, 7) is 5.20. The molecule has 5 rings (SSSR count). The van der Waals surface area contributed by atoms with Crippen molar-refractivity contribution in [2.75, 3.05) is 14.7 Å². The number of rotatable bonds is 6. The molecule has 0 saturated carbocycles. The van der Waals surface area contributed by atoms with Crippen LogP contribution < -0.4 is 14.7 Å². The molecule has 2 aromatic rings. The van der Waals surface area contributed by atoms with Crippen molar-refractivity contribution in [1.29, 1.82) is 0 Å². The third kappa shape index (κ3) is 3.80. The van der Waals surface area contributed by atoms with Crippen molar-refractivity contribution in [2.24, 2.45) is 0 Å². The van der Waals surface area contributed by atoms with E-state index in [0.29, 0.717) is 0 Å². The number of nitrogens with zero attached hydrogens (tertiary/aromatic N) is 3. The van der Waals surface area contributed by atoms with Gasteiger partial charge < -0.3 is 0 Å². The molecule has 0 aromatic heterocycles. The molecule has 6 amide bonds. The molecular formula is C28H17N3O7. The highest BCUT2D eigenvalue weighted by atomic mass is 16.2. The molecule has 38 heavy (non-hydrogen) atoms. The third-order valence-corrected chi connectivity index (χ3v) is 6.09. The summed E-state index contributed by atoms with van der Waals surface area (Å²) in [7, 11) is 0. The van der Waals surface area contributed by atoms with Gasteiger partial charge in [0.1, 0.15) is 0 Å². The van der Waals surface area contributed by atoms with E-state index in [-0.39, 0.29) is 39.3 Å². The van der Waals surface area contributed by atoms with Crippen molar-refractivity contribution in [3.63, 3.8) is 0 Å². The number of amides is 6. The van der Waals surface area contributed by atoms with Gasteiger partial charge in [-0.15, -0.1) is 0 Å². The summed E-state index contributed by atoms with van der Waals surface area (Å²) >= 11 is 0. The first kappa shape index (κ1) is 24.2. The summed E-state index contributed by atoms with van der Waals surface area (Å²) in [5.74, 6) is -4.16. The lowest BCUT2D eigenvalue weighted by atomic mass is 9.92. The van der Waals surface area contributed by atoms with E-state index in [9.17, 15) is 33.6 Å². The average Bonchev–Trinajstić information content (AvgIpc) is 3.53. The molecule has 10 heteroatoms. The maximum atomic E-state index is 13.2. The predicted octanol–water partition coefficient (Wildman–Crippen LogP) is 2.40. The Labute approximate surface area is 215 Å². The number of carbonyl (C=O) groups excluding carboxylic acids is 7. The fourth-order valence-electron chi connectivity index (χ4n) is 4.34. The number of imide groups is 3. The molecule has 3 aliphatic heterocycles. The van der Waals surface area contributed by atoms with Gasteiger partial charge in [-0.05, 0) is 42.3 Å². The van der Waals surface area contributed by atoms with Gasteiger partial charge in [-0.25, -0.2) is 14.7 Å². The molecule has 2 aromatic carbocycles. The minimum atomic E-state index is -0.658. The maximum Gasteiger partial charge on any atom is 0.258 e. The SMILES string of the molecule is C=C(C)C(=O)c1cc(N2C(=O)C=CC2=O)ccc1-c1ccc(N2C(=O)C=CC2=O)cc1N1C(=O)C=CC1=O. The normalized spacial score (nSPS) is 16.6. The van der Waals surface area contributed by atoms with E-state index < -0.39 is 41.2 Å². The molecular weight excluding hydrogens is 490 g/mol. The summed E-state index contributed by atoms with van der Waals surface area (Å²) in [6, 6.07) is 8.54. The van der Waals surface area contributed by atoms with Crippen molar-refractivity contribution in [3.05, 3.63) is 90.6 Å². The highest BCUT2D eigenvalue weighted by Gasteiger charge is 2.33. The minimum absolute atomic E-state index is 0.0218. The van der Waals surface area contributed by atoms with Crippen molar-refractivity contribution in [3.8, 4) is 11.1 Å². The molecule has 0 aliphatic carbocycles. The molecule has 0 saturated heterocycles. The molecule has 0 radical (unpaired) electrons. The quantitative estimate of drug-likeness (QED) is 0.334. The average molecular weight is 507 g/mol. The Balaban J connectivity index is 1.72. The van der Waals surface area contributed by atoms with Crippen LogP contribution in [0.3, 0.4) is 0 Å². The molecule has 0 spiro atoms. The van der Waals surface area contributed by atoms with Crippen LogP contribution in [0.15, 0.2) is 85.0 Å². The van der Waals surface area contributed by atoms with Gasteiger partial charge in [-0.3, -0.25) is 33.6 Å². The Morgan fingerprint density at radius 1 is 0.579 bits per heavy atom. The van der Waals surface area contributed by atoms with Crippen LogP contribution in [0.25, 0.3) is 11.1 Å². The Morgan fingerprint density at radius 3 is 1.42 bits per heavy atom. The second-order valence-corrected chi connectivity index (χ2v) is 8.58. The van der Waals surface area contributed by atoms with E-state index in [1.165, 1.54) is 43.3 Å². The maximum absolute atomic E-state index is 13.2. The van der Waals surface area contributed by atoms with E-state index in [1.54, 1.807) is 0 Å². The van der Waals surface area contributed by atoms with Crippen LogP contribution in [-0.2, 0) is 28.8 Å². The molecule has 10 nitrogen and oxygen atoms in total. The summed E-state index contributed by atoms with van der Waals surface area (Å²) in [4.78, 5) is 90.2. The predicted molar refractivity (Wildman–Crippen MR) is 136 cm³/mol. The molecule has 0 bridgehead atoms. The molecule has 3 aliphatic rings. The van der Waals surface area contributed by atoms with Gasteiger partial charge in [0.25, 0.3) is 35.4 Å². The van der Waals surface area contributed by atoms with Gasteiger partial charge in [0.05, 0.1) is 17.1 Å². The number of hydrogen-bond donors (Lipinski definition) is 0. The van der Waals surface area contributed by atoms with Crippen LogP contribution in [0.1, 0.15) is 17.3 Å². The standard InChI is InChI=1S/C28H17N3O7/c1-15(2)28(38)20-13-16(29-22(32)7-8-23(29)33)3-5-18(20)19-6-4-17(30-24(34)9-10-25(30)35)14-21(19)31-26(36)11-12-27(31)37/h3-14H,1H2,2H3. The fraction of sp³-hybridized carbons (Fsp3) is 0.0357. The Kier molecular flexibility index (Phi) is 5.64. The largest absolute Gasteiger partial charge is 0.289 e. The zero-order valence-electron chi connectivity index (χ0n) is 19.8. The third-order valence-electron chi connectivity index (χ3n) is 6.09. The van der Waals surface area contributed by atoms with Crippen molar-refractivity contribution >= 4 is 58.3 Å². The van der Waals surface area contributed by atoms with Gasteiger partial charge in [-0.1, -0.05) is 18.7 Å². The summed E-state index contributed by atoms with van der Waals surface area (Å²) in [5, 5.41) is 0. The zero-order valence-corrected chi connectivity index (χ0v) is 19.8. The smallest absolute Gasteiger partial charge is 0.258 e. The second kappa shape index (κ2) is 8.86. The first-order valence-corrected chi connectivity index (χ1v) is 11.3. The monoisotopic (exact) mass is 507 g/mol. The van der Waals surface area contributed by atoms with Crippen LogP contribution in [0.5, 0.6) is 0 Å². The highest BCUT2D eigenvalue weighted by molar-refractivity contribution is 6.32. The second-order valence-electron chi connectivity index (χ2n) is 8.58. The molecule has 0 fully saturated rings. The Morgan fingerprint density at radius 2 is 0.974 bits per heavy atom. The minimum Gasteiger partial charge on any atom is -0.289 e. The topological polar surface area (TPSA) is 129 Å². The lowest BCUT2D eigenvalue weighted by molar-refractivity contribution is -0.121. The van der Waals surface area contributed by atoms with E-state index in [1.807, 2.05) is 0 Å². The zero-order chi connectivity index (χ0) is 27.3. The van der Waals surface area contributed by atoms with Crippen LogP contribution in [0, 0.1) is 0 Å². The van der Waals surface area contributed by atoms with E-state index in [2.05, 4.69) is 6.58 Å². The van der Waals surface area contributed by atoms with Crippen molar-refractivity contribution < 1.29 is 33.6 Å². The van der Waals surface area contributed by atoms with Gasteiger partial charge in [-0.2, -0.15) is 0 Å². The molecule has 0 N–H and O–H groups in total. The fourth-order valence-corrected chi connectivity index (χ4v) is 4.34. The van der Waals surface area contributed by atoms with Gasteiger partial charge >= 0.3 is 0 Å². The highest BCUT2D eigenvalue weighted by Crippen LogP contribution is 2.40. The summed E-state index contributed by atoms with van der Waals surface area (Å²) < 4.78 is 0. The molecule has 0 atom stereocenters. The first-order chi connectivity index (χ1) is 18.1. The van der Waals surface area contributed by atoms with Crippen LogP contribution in [-0.4, -0.2) is 41.2 Å². The molecule has 186 valence electrons. The number of hydrogen-bond acceptors (Lipinski definition) is 7. The van der Waals surface area contributed by atoms with Gasteiger partial charge in [0, 0.05) is 47.6 Å². The van der Waals surface area contributed by atoms with E-state index >= 15 is 0 Å². The summed E-state index contributed by atoms with van der Waals surface area (Å²) in [5.41, 5.74) is 1.01. The summed E-state index contributed by atoms with van der Waals surface area (Å²) in [6.07, 6.45) is 6.57. The van der Waals surface area contributed by atoms with Gasteiger partial charge in [0.2, 0.25) is 0 Å².